The number of carbonyl (C=O) groups excluding carboxylic acids is 2. The highest BCUT2D eigenvalue weighted by molar-refractivity contribution is 8.01. The molecule has 0 aliphatic carbocycles. The average Bonchev–Trinajstić information content (AvgIpc) is 3.41. The lowest BCUT2D eigenvalue weighted by atomic mass is 10.1. The monoisotopic (exact) mass is 525 g/mol. The van der Waals surface area contributed by atoms with Crippen LogP contribution < -0.4 is 10.6 Å². The third-order valence-corrected chi connectivity index (χ3v) is 8.05. The molecule has 2 amide bonds. The molecule has 0 saturated heterocycles. The van der Waals surface area contributed by atoms with Crippen molar-refractivity contribution in [3.63, 3.8) is 0 Å². The van der Waals surface area contributed by atoms with Crippen LogP contribution in [0.25, 0.3) is 10.9 Å². The molecule has 2 heterocycles. The molecular weight excluding hydrogens is 499 g/mol. The molecular formula is C25H27N5O2S3. The van der Waals surface area contributed by atoms with Crippen molar-refractivity contribution in [2.45, 2.75) is 36.6 Å². The highest BCUT2D eigenvalue weighted by Crippen LogP contribution is 2.30. The Hall–Kier alpha value is -2.82. The van der Waals surface area contributed by atoms with Gasteiger partial charge in [-0.3, -0.25) is 14.9 Å². The van der Waals surface area contributed by atoms with Crippen molar-refractivity contribution < 1.29 is 9.59 Å². The zero-order valence-corrected chi connectivity index (χ0v) is 22.3. The van der Waals surface area contributed by atoms with Gasteiger partial charge in [0.2, 0.25) is 11.0 Å². The molecule has 0 aliphatic rings. The maximum atomic E-state index is 12.6. The number of aryl methyl sites for hydroxylation is 2. The predicted molar refractivity (Wildman–Crippen MR) is 146 cm³/mol. The van der Waals surface area contributed by atoms with Gasteiger partial charge in [-0.2, -0.15) is 0 Å². The molecule has 10 heteroatoms. The number of anilines is 1. The zero-order chi connectivity index (χ0) is 24.8. The van der Waals surface area contributed by atoms with E-state index in [0.717, 1.165) is 37.0 Å². The number of para-hydroxylation sites is 1. The third kappa shape index (κ3) is 6.65. The largest absolute Gasteiger partial charge is 0.350 e. The number of hydrogen-bond donors (Lipinski definition) is 2. The number of amides is 2. The second kappa shape index (κ2) is 11.7. The Kier molecular flexibility index (Phi) is 8.48. The second-order valence-corrected chi connectivity index (χ2v) is 11.5. The van der Waals surface area contributed by atoms with E-state index in [1.807, 2.05) is 44.3 Å². The molecule has 0 aliphatic heterocycles. The van der Waals surface area contributed by atoms with Crippen LogP contribution >= 0.6 is 34.9 Å². The summed E-state index contributed by atoms with van der Waals surface area (Å²) in [7, 11) is 0. The van der Waals surface area contributed by atoms with Gasteiger partial charge in [0.15, 0.2) is 4.34 Å². The van der Waals surface area contributed by atoms with Gasteiger partial charge >= 0.3 is 0 Å². The number of thioether (sulfide) groups is 2. The molecule has 0 unspecified atom stereocenters. The maximum Gasteiger partial charge on any atom is 0.251 e. The predicted octanol–water partition coefficient (Wildman–Crippen LogP) is 5.38. The van der Waals surface area contributed by atoms with Crippen molar-refractivity contribution >= 4 is 62.7 Å². The summed E-state index contributed by atoms with van der Waals surface area (Å²) in [5.41, 5.74) is 3.90. The normalized spacial score (nSPS) is 11.1. The first kappa shape index (κ1) is 25.3. The lowest BCUT2D eigenvalue weighted by molar-refractivity contribution is -0.113. The molecule has 2 aromatic carbocycles. The van der Waals surface area contributed by atoms with E-state index in [-0.39, 0.29) is 17.6 Å². The minimum Gasteiger partial charge on any atom is -0.350 e. The van der Waals surface area contributed by atoms with Crippen LogP contribution in [0.5, 0.6) is 0 Å². The Balaban J connectivity index is 1.36. The first-order valence-electron chi connectivity index (χ1n) is 11.3. The average molecular weight is 526 g/mol. The van der Waals surface area contributed by atoms with E-state index in [1.54, 1.807) is 11.8 Å². The van der Waals surface area contributed by atoms with Crippen LogP contribution in [0.15, 0.2) is 57.9 Å². The van der Waals surface area contributed by atoms with E-state index in [9.17, 15) is 9.59 Å². The number of nitrogens with one attached hydrogen (secondary N) is 2. The highest BCUT2D eigenvalue weighted by atomic mass is 32.2. The number of carbonyl (C=O) groups is 2. The number of aromatic nitrogens is 3. The van der Waals surface area contributed by atoms with Gasteiger partial charge in [0.25, 0.3) is 5.91 Å². The molecule has 35 heavy (non-hydrogen) atoms. The van der Waals surface area contributed by atoms with Crippen molar-refractivity contribution in [3.05, 3.63) is 65.4 Å². The molecule has 0 fully saturated rings. The van der Waals surface area contributed by atoms with Crippen LogP contribution in [0.1, 0.15) is 28.4 Å². The van der Waals surface area contributed by atoms with E-state index in [4.69, 9.17) is 0 Å². The van der Waals surface area contributed by atoms with E-state index in [0.29, 0.717) is 23.8 Å². The lowest BCUT2D eigenvalue weighted by Crippen LogP contribution is -2.27. The van der Waals surface area contributed by atoms with Crippen molar-refractivity contribution in [2.75, 3.05) is 23.4 Å². The van der Waals surface area contributed by atoms with Crippen LogP contribution in [0, 0.1) is 13.8 Å². The van der Waals surface area contributed by atoms with Crippen molar-refractivity contribution in [1.29, 1.82) is 0 Å². The fourth-order valence-electron chi connectivity index (χ4n) is 3.75. The Morgan fingerprint density at radius 1 is 1.06 bits per heavy atom. The van der Waals surface area contributed by atoms with Crippen LogP contribution in [0.3, 0.4) is 0 Å². The Bertz CT molecular complexity index is 1330. The quantitative estimate of drug-likeness (QED) is 0.213. The molecule has 2 aromatic heterocycles. The summed E-state index contributed by atoms with van der Waals surface area (Å²) in [4.78, 5) is 26.1. The first-order chi connectivity index (χ1) is 16.9. The smallest absolute Gasteiger partial charge is 0.251 e. The minimum atomic E-state index is -0.114. The fourth-order valence-corrected chi connectivity index (χ4v) is 6.31. The van der Waals surface area contributed by atoms with E-state index in [2.05, 4.69) is 50.5 Å². The minimum absolute atomic E-state index is 0.0725. The van der Waals surface area contributed by atoms with Crippen LogP contribution in [0.2, 0.25) is 0 Å². The van der Waals surface area contributed by atoms with Gasteiger partial charge in [0.1, 0.15) is 0 Å². The Morgan fingerprint density at radius 3 is 2.60 bits per heavy atom. The number of fused-ring (bicyclic) bond motifs is 1. The number of benzene rings is 2. The van der Waals surface area contributed by atoms with E-state index >= 15 is 0 Å². The second-order valence-electron chi connectivity index (χ2n) is 7.98. The van der Waals surface area contributed by atoms with Gasteiger partial charge in [-0.1, -0.05) is 65.4 Å². The molecule has 0 atom stereocenters. The van der Waals surface area contributed by atoms with Crippen molar-refractivity contribution in [2.24, 2.45) is 0 Å². The molecule has 0 saturated carbocycles. The van der Waals surface area contributed by atoms with Gasteiger partial charge < -0.3 is 9.88 Å². The Morgan fingerprint density at radius 2 is 1.83 bits per heavy atom. The number of rotatable bonds is 10. The molecule has 4 aromatic rings. The summed E-state index contributed by atoms with van der Waals surface area (Å²) in [6.45, 7) is 7.17. The van der Waals surface area contributed by atoms with E-state index in [1.165, 1.54) is 23.1 Å². The standard InChI is InChI=1S/C25H27N5O2S3/c1-4-33-25-29-28-24(35-25)27-22(31)15-34-21-14-30(20-8-6-5-7-19(20)21)10-9-26-23(32)18-12-16(2)11-17(3)13-18/h5-8,11-14H,4,9-10,15H2,1-3H3,(H,26,32)(H,27,28,31). The molecule has 4 rings (SSSR count). The van der Waals surface area contributed by atoms with E-state index < -0.39 is 0 Å². The third-order valence-electron chi connectivity index (χ3n) is 5.15. The topological polar surface area (TPSA) is 88.9 Å². The molecule has 0 radical (unpaired) electrons. The summed E-state index contributed by atoms with van der Waals surface area (Å²) in [5.74, 6) is 0.999. The zero-order valence-electron chi connectivity index (χ0n) is 19.8. The van der Waals surface area contributed by atoms with Crippen molar-refractivity contribution in [3.8, 4) is 0 Å². The lowest BCUT2D eigenvalue weighted by Gasteiger charge is -2.09. The molecule has 2 N–H and O–H groups in total. The molecule has 182 valence electrons. The first-order valence-corrected chi connectivity index (χ1v) is 14.0. The highest BCUT2D eigenvalue weighted by Gasteiger charge is 2.13. The number of hydrogen-bond acceptors (Lipinski definition) is 7. The van der Waals surface area contributed by atoms with Gasteiger partial charge in [0, 0.05) is 40.6 Å². The summed E-state index contributed by atoms with van der Waals surface area (Å²) < 4.78 is 2.97. The van der Waals surface area contributed by atoms with Crippen LogP contribution in [-0.2, 0) is 11.3 Å². The maximum absolute atomic E-state index is 12.6. The Labute approximate surface area is 217 Å². The molecule has 0 spiro atoms. The number of nitrogens with zero attached hydrogens (tertiary/aromatic N) is 3. The van der Waals surface area contributed by atoms with Crippen LogP contribution in [0.4, 0.5) is 5.13 Å². The SMILES string of the molecule is CCSc1nnc(NC(=O)CSc2cn(CCNC(=O)c3cc(C)cc(C)c3)c3ccccc23)s1. The molecule has 0 bridgehead atoms. The van der Waals surface area contributed by atoms with Gasteiger partial charge in [-0.05, 0) is 37.8 Å². The fraction of sp³-hybridized carbons (Fsp3) is 0.280. The molecule has 7 nitrogen and oxygen atoms in total. The van der Waals surface area contributed by atoms with Gasteiger partial charge in [0.05, 0.1) is 5.75 Å². The van der Waals surface area contributed by atoms with Crippen molar-refractivity contribution in [1.82, 2.24) is 20.1 Å². The van der Waals surface area contributed by atoms with Gasteiger partial charge in [-0.15, -0.1) is 22.0 Å². The summed E-state index contributed by atoms with van der Waals surface area (Å²) in [6, 6.07) is 14.0. The van der Waals surface area contributed by atoms with Gasteiger partial charge in [-0.25, -0.2) is 0 Å². The summed E-state index contributed by atoms with van der Waals surface area (Å²) in [5, 5.41) is 15.6. The van der Waals surface area contributed by atoms with Crippen LogP contribution in [-0.4, -0.2) is 44.6 Å². The summed E-state index contributed by atoms with van der Waals surface area (Å²) in [6.07, 6.45) is 2.05. The summed E-state index contributed by atoms with van der Waals surface area (Å²) >= 11 is 4.48.